The number of nitrogens with zero attached hydrogens (tertiary/aromatic N) is 1. The number of hydrogen-bond donors (Lipinski definition) is 3. The third-order valence-corrected chi connectivity index (χ3v) is 6.84. The highest BCUT2D eigenvalue weighted by atomic mass is 32.2. The van der Waals surface area contributed by atoms with E-state index < -0.39 is 16.1 Å². The first kappa shape index (κ1) is 23.3. The largest absolute Gasteiger partial charge is 0.508 e. The fourth-order valence-corrected chi connectivity index (χ4v) is 4.58. The summed E-state index contributed by atoms with van der Waals surface area (Å²) in [5, 5.41) is 22.5. The molecule has 8 nitrogen and oxygen atoms in total. The van der Waals surface area contributed by atoms with Crippen LogP contribution in [0.4, 0.5) is 0 Å². The average molecular weight is 451 g/mol. The van der Waals surface area contributed by atoms with E-state index in [0.29, 0.717) is 37.7 Å². The minimum atomic E-state index is -3.54. The zero-order chi connectivity index (χ0) is 22.3. The van der Waals surface area contributed by atoms with Gasteiger partial charge >= 0.3 is 0 Å². The Labute approximate surface area is 183 Å². The molecule has 1 saturated heterocycles. The molecule has 1 atom stereocenters. The second-order valence-corrected chi connectivity index (χ2v) is 9.50. The van der Waals surface area contributed by atoms with Gasteiger partial charge < -0.3 is 25.0 Å². The molecule has 3 rings (SSSR count). The van der Waals surface area contributed by atoms with Crippen molar-refractivity contribution in [3.8, 4) is 17.2 Å². The molecule has 1 aliphatic rings. The van der Waals surface area contributed by atoms with Crippen LogP contribution in [0.15, 0.2) is 53.4 Å². The molecular formula is C22H30N2O6S. The lowest BCUT2D eigenvalue weighted by Crippen LogP contribution is -2.60. The average Bonchev–Trinajstić information content (AvgIpc) is 2.72. The first-order valence-electron chi connectivity index (χ1n) is 10.4. The molecule has 0 saturated carbocycles. The lowest BCUT2D eigenvalue weighted by molar-refractivity contribution is 0.0957. The zero-order valence-corrected chi connectivity index (χ0v) is 18.4. The summed E-state index contributed by atoms with van der Waals surface area (Å²) in [5.74, 6) is 1.37. The molecule has 170 valence electrons. The smallest absolute Gasteiger partial charge is 0.243 e. The van der Waals surface area contributed by atoms with Crippen LogP contribution in [0.1, 0.15) is 19.8 Å². The summed E-state index contributed by atoms with van der Waals surface area (Å²) in [6.07, 6.45) is 1.26. The van der Waals surface area contributed by atoms with Crippen molar-refractivity contribution in [2.75, 3.05) is 32.8 Å². The molecule has 9 heteroatoms. The Morgan fingerprint density at radius 1 is 1.06 bits per heavy atom. The number of phenols is 1. The Morgan fingerprint density at radius 3 is 2.32 bits per heavy atom. The van der Waals surface area contributed by atoms with Crippen molar-refractivity contribution < 1.29 is 28.1 Å². The van der Waals surface area contributed by atoms with E-state index in [-0.39, 0.29) is 23.3 Å². The molecule has 1 fully saturated rings. The first-order chi connectivity index (χ1) is 14.9. The van der Waals surface area contributed by atoms with E-state index in [4.69, 9.17) is 9.47 Å². The van der Waals surface area contributed by atoms with E-state index in [9.17, 15) is 18.6 Å². The fourth-order valence-electron chi connectivity index (χ4n) is 3.05. The van der Waals surface area contributed by atoms with E-state index in [1.165, 1.54) is 16.4 Å². The minimum absolute atomic E-state index is 0.0188. The molecule has 0 aromatic heterocycles. The van der Waals surface area contributed by atoms with Crippen molar-refractivity contribution in [2.45, 2.75) is 36.8 Å². The number of aromatic hydroxyl groups is 1. The number of rotatable bonds is 12. The van der Waals surface area contributed by atoms with Gasteiger partial charge in [0.1, 0.15) is 30.0 Å². The van der Waals surface area contributed by atoms with Crippen LogP contribution < -0.4 is 14.8 Å². The normalized spacial score (nSPS) is 15.9. The van der Waals surface area contributed by atoms with Crippen molar-refractivity contribution >= 4 is 10.0 Å². The van der Waals surface area contributed by atoms with E-state index in [0.717, 1.165) is 12.8 Å². The third kappa shape index (κ3) is 6.57. The number of benzene rings is 2. The molecule has 2 aromatic rings. The summed E-state index contributed by atoms with van der Waals surface area (Å²) >= 11 is 0. The van der Waals surface area contributed by atoms with Gasteiger partial charge in [0.25, 0.3) is 0 Å². The number of aliphatic hydroxyl groups excluding tert-OH is 1. The van der Waals surface area contributed by atoms with Gasteiger partial charge in [-0.15, -0.1) is 0 Å². The molecule has 0 bridgehead atoms. The summed E-state index contributed by atoms with van der Waals surface area (Å²) in [4.78, 5) is 0.246. The van der Waals surface area contributed by atoms with E-state index in [2.05, 4.69) is 12.2 Å². The van der Waals surface area contributed by atoms with Crippen LogP contribution >= 0.6 is 0 Å². The van der Waals surface area contributed by atoms with Crippen LogP contribution in [-0.2, 0) is 10.0 Å². The highest BCUT2D eigenvalue weighted by Gasteiger charge is 2.36. The number of unbranched alkanes of at least 4 members (excludes halogenated alkanes) is 1. The summed E-state index contributed by atoms with van der Waals surface area (Å²) < 4.78 is 37.9. The van der Waals surface area contributed by atoms with Gasteiger partial charge in [-0.25, -0.2) is 8.42 Å². The molecule has 3 N–H and O–H groups in total. The van der Waals surface area contributed by atoms with Gasteiger partial charge in [-0.3, -0.25) is 0 Å². The predicted molar refractivity (Wildman–Crippen MR) is 117 cm³/mol. The number of sulfonamides is 1. The monoisotopic (exact) mass is 450 g/mol. The van der Waals surface area contributed by atoms with Crippen molar-refractivity contribution in [1.29, 1.82) is 0 Å². The van der Waals surface area contributed by atoms with Gasteiger partial charge in [0.15, 0.2) is 0 Å². The van der Waals surface area contributed by atoms with E-state index in [1.807, 2.05) is 0 Å². The number of nitrogens with one attached hydrogen (secondary N) is 1. The van der Waals surface area contributed by atoms with Crippen molar-refractivity contribution in [3.05, 3.63) is 48.5 Å². The Kier molecular flexibility index (Phi) is 8.14. The quantitative estimate of drug-likeness (QED) is 0.424. The maximum absolute atomic E-state index is 12.7. The Hall–Kier alpha value is -2.33. The van der Waals surface area contributed by atoms with Crippen LogP contribution in [0.25, 0.3) is 0 Å². The number of aliphatic hydroxyl groups is 1. The molecule has 1 aliphatic heterocycles. The lowest BCUT2D eigenvalue weighted by Gasteiger charge is -2.38. The van der Waals surface area contributed by atoms with E-state index >= 15 is 0 Å². The topological polar surface area (TPSA) is 108 Å². The number of phenolic OH excluding ortho intramolecular Hbond substituents is 1. The highest BCUT2D eigenvalue weighted by molar-refractivity contribution is 7.89. The Morgan fingerprint density at radius 2 is 1.68 bits per heavy atom. The molecule has 0 unspecified atom stereocenters. The van der Waals surface area contributed by atoms with Gasteiger partial charge in [0.2, 0.25) is 10.0 Å². The van der Waals surface area contributed by atoms with Crippen molar-refractivity contribution in [1.82, 2.24) is 9.62 Å². The maximum atomic E-state index is 12.7. The second-order valence-electron chi connectivity index (χ2n) is 7.56. The number of ether oxygens (including phenoxy) is 2. The van der Waals surface area contributed by atoms with Crippen LogP contribution in [0.5, 0.6) is 17.2 Å². The zero-order valence-electron chi connectivity index (χ0n) is 17.6. The molecule has 0 aliphatic carbocycles. The molecule has 31 heavy (non-hydrogen) atoms. The molecule has 1 heterocycles. The summed E-state index contributed by atoms with van der Waals surface area (Å²) in [5.41, 5.74) is 0. The minimum Gasteiger partial charge on any atom is -0.508 e. The van der Waals surface area contributed by atoms with Crippen LogP contribution in [0, 0.1) is 0 Å². The van der Waals surface area contributed by atoms with Gasteiger partial charge in [-0.2, -0.15) is 4.31 Å². The molecular weight excluding hydrogens is 420 g/mol. The summed E-state index contributed by atoms with van der Waals surface area (Å²) in [7, 11) is -3.54. The molecule has 0 amide bonds. The second kappa shape index (κ2) is 10.8. The van der Waals surface area contributed by atoms with Gasteiger partial charge in [-0.05, 0) is 55.0 Å². The third-order valence-electron chi connectivity index (χ3n) is 5.00. The van der Waals surface area contributed by atoms with Gasteiger partial charge in [0.05, 0.1) is 11.5 Å². The van der Waals surface area contributed by atoms with E-state index in [1.54, 1.807) is 36.4 Å². The molecule has 0 spiro atoms. The Balaban J connectivity index is 1.39. The fraction of sp³-hybridized carbons (Fsp3) is 0.455. The van der Waals surface area contributed by atoms with Crippen LogP contribution in [0.3, 0.4) is 0 Å². The summed E-state index contributed by atoms with van der Waals surface area (Å²) in [6, 6.07) is 12.7. The Bertz CT molecular complexity index is 912. The number of hydrogen-bond acceptors (Lipinski definition) is 7. The van der Waals surface area contributed by atoms with Gasteiger partial charge in [-0.1, -0.05) is 13.3 Å². The standard InChI is InChI=1S/C22H30N2O6S/c1-2-3-12-29-20-8-10-22(11-9-20)31(27,28)24-14-17(15-24)23-13-19(26)16-30-21-6-4-18(25)5-7-21/h4-11,17,19,23,25-26H,2-3,12-16H2,1H3/t19-/m1/s1. The van der Waals surface area contributed by atoms with Crippen LogP contribution in [0.2, 0.25) is 0 Å². The summed E-state index contributed by atoms with van der Waals surface area (Å²) in [6.45, 7) is 3.79. The predicted octanol–water partition coefficient (Wildman–Crippen LogP) is 1.97. The molecule has 0 radical (unpaired) electrons. The SMILES string of the molecule is CCCCOc1ccc(S(=O)(=O)N2CC(NC[C@@H](O)COc3ccc(O)cc3)C2)cc1. The highest BCUT2D eigenvalue weighted by Crippen LogP contribution is 2.24. The molecule has 2 aromatic carbocycles. The first-order valence-corrected chi connectivity index (χ1v) is 11.9. The van der Waals surface area contributed by atoms with Gasteiger partial charge in [0, 0.05) is 25.7 Å². The maximum Gasteiger partial charge on any atom is 0.243 e. The lowest BCUT2D eigenvalue weighted by atomic mass is 10.2. The van der Waals surface area contributed by atoms with Crippen molar-refractivity contribution in [3.63, 3.8) is 0 Å². The van der Waals surface area contributed by atoms with Crippen LogP contribution in [-0.4, -0.2) is 67.9 Å². The van der Waals surface area contributed by atoms with Crippen molar-refractivity contribution in [2.24, 2.45) is 0 Å².